The Hall–Kier alpha value is -4.06. The molecule has 2 amide bonds. The lowest BCUT2D eigenvalue weighted by Crippen LogP contribution is -2.27. The van der Waals surface area contributed by atoms with Crippen LogP contribution in [0.25, 0.3) is 22.6 Å². The van der Waals surface area contributed by atoms with E-state index in [9.17, 15) is 9.59 Å². The number of halogens is 1. The van der Waals surface area contributed by atoms with Crippen LogP contribution < -0.4 is 27.8 Å². The van der Waals surface area contributed by atoms with Gasteiger partial charge in [-0.25, -0.2) is 9.98 Å². The summed E-state index contributed by atoms with van der Waals surface area (Å²) in [5, 5.41) is 12.6. The summed E-state index contributed by atoms with van der Waals surface area (Å²) in [6.45, 7) is 0.121. The largest absolute Gasteiger partial charge is 0.388 e. The highest BCUT2D eigenvalue weighted by Crippen LogP contribution is 2.25. The van der Waals surface area contributed by atoms with Gasteiger partial charge in [-0.2, -0.15) is 0 Å². The van der Waals surface area contributed by atoms with E-state index in [2.05, 4.69) is 25.6 Å². The Morgan fingerprint density at radius 3 is 2.69 bits per heavy atom. The molecule has 1 aromatic carbocycles. The third kappa shape index (κ3) is 5.98. The highest BCUT2D eigenvalue weighted by Gasteiger charge is 2.14. The number of aryl methyl sites for hydroxylation is 1. The van der Waals surface area contributed by atoms with Crippen molar-refractivity contribution in [3.63, 3.8) is 0 Å². The minimum absolute atomic E-state index is 0. The summed E-state index contributed by atoms with van der Waals surface area (Å²) in [7, 11) is 1.82. The van der Waals surface area contributed by atoms with Gasteiger partial charge in [0, 0.05) is 31.8 Å². The Morgan fingerprint density at radius 1 is 1.25 bits per heavy atom. The van der Waals surface area contributed by atoms with Crippen LogP contribution in [-0.4, -0.2) is 51.2 Å². The summed E-state index contributed by atoms with van der Waals surface area (Å²) in [4.78, 5) is 35.6. The number of carbonyl (C=O) groups is 2. The number of aromatic nitrogens is 3. The number of anilines is 1. The minimum atomic E-state index is -0.351. The number of benzene rings is 1. The van der Waals surface area contributed by atoms with Crippen molar-refractivity contribution in [1.29, 1.82) is 5.41 Å². The summed E-state index contributed by atoms with van der Waals surface area (Å²) in [5.41, 5.74) is 18.9. The molecule has 0 bridgehead atoms. The minimum Gasteiger partial charge on any atom is -0.388 e. The third-order valence-electron chi connectivity index (χ3n) is 4.36. The number of amidine groups is 1. The number of aliphatic imine (C=N–C) groups is 1. The highest BCUT2D eigenvalue weighted by atomic mass is 35.5. The van der Waals surface area contributed by atoms with Crippen LogP contribution in [0.15, 0.2) is 35.5 Å². The zero-order chi connectivity index (χ0) is 22.5. The van der Waals surface area contributed by atoms with Crippen LogP contribution in [0.3, 0.4) is 0 Å². The first kappa shape index (κ1) is 24.2. The van der Waals surface area contributed by atoms with E-state index in [1.807, 2.05) is 11.6 Å². The number of carbonyl (C=O) groups excluding carboxylic acids is 2. The molecule has 32 heavy (non-hydrogen) atoms. The molecule has 0 aliphatic rings. The van der Waals surface area contributed by atoms with Crippen molar-refractivity contribution in [2.24, 2.45) is 29.2 Å². The molecule has 0 fully saturated rings. The van der Waals surface area contributed by atoms with E-state index in [-0.39, 0.29) is 42.6 Å². The smallest absolute Gasteiger partial charge is 0.251 e. The van der Waals surface area contributed by atoms with E-state index in [4.69, 9.17) is 22.6 Å². The number of nitrogens with one attached hydrogen (secondary N) is 4. The van der Waals surface area contributed by atoms with Crippen molar-refractivity contribution in [3.05, 3.63) is 36.0 Å². The van der Waals surface area contributed by atoms with Gasteiger partial charge in [0.15, 0.2) is 11.8 Å². The number of amides is 2. The lowest BCUT2D eigenvalue weighted by Gasteiger charge is -2.04. The van der Waals surface area contributed by atoms with Crippen molar-refractivity contribution < 1.29 is 9.59 Å². The number of nitrogens with zero attached hydrogens (tertiary/aromatic N) is 3. The average molecular weight is 461 g/mol. The second kappa shape index (κ2) is 10.3. The van der Waals surface area contributed by atoms with E-state index in [1.165, 1.54) is 0 Å². The summed E-state index contributed by atoms with van der Waals surface area (Å²) >= 11 is 0. The van der Waals surface area contributed by atoms with Crippen LogP contribution in [0.5, 0.6) is 0 Å². The fourth-order valence-electron chi connectivity index (χ4n) is 2.92. The molecule has 0 spiro atoms. The Labute approximate surface area is 189 Å². The fraction of sp³-hybridized carbons (Fsp3) is 0.211. The van der Waals surface area contributed by atoms with E-state index in [0.717, 1.165) is 5.69 Å². The number of hydrogen-bond acceptors (Lipinski definition) is 5. The number of aromatic amines is 1. The summed E-state index contributed by atoms with van der Waals surface area (Å²) < 4.78 is 1.81. The Kier molecular flexibility index (Phi) is 7.80. The average Bonchev–Trinajstić information content (AvgIpc) is 3.28. The maximum Gasteiger partial charge on any atom is 0.251 e. The van der Waals surface area contributed by atoms with Gasteiger partial charge in [-0.05, 0) is 24.3 Å². The maximum atomic E-state index is 12.3. The number of imidazole rings is 1. The van der Waals surface area contributed by atoms with Gasteiger partial charge in [0.05, 0.1) is 28.3 Å². The van der Waals surface area contributed by atoms with E-state index in [1.54, 1.807) is 30.5 Å². The van der Waals surface area contributed by atoms with Gasteiger partial charge in [-0.15, -0.1) is 12.4 Å². The number of rotatable bonds is 8. The Balaban J connectivity index is 0.00000363. The predicted octanol–water partition coefficient (Wildman–Crippen LogP) is 0.258. The van der Waals surface area contributed by atoms with Crippen LogP contribution in [0.1, 0.15) is 16.8 Å². The van der Waals surface area contributed by atoms with Crippen molar-refractivity contribution in [3.8, 4) is 11.5 Å². The first-order valence-corrected chi connectivity index (χ1v) is 9.36. The molecule has 10 N–H and O–H groups in total. The molecular formula is C19H25ClN10O2. The predicted molar refractivity (Wildman–Crippen MR) is 126 cm³/mol. The zero-order valence-electron chi connectivity index (χ0n) is 17.3. The second-order valence-corrected chi connectivity index (χ2v) is 6.86. The lowest BCUT2D eigenvalue weighted by atomic mass is 10.2. The normalized spacial score (nSPS) is 10.3. The van der Waals surface area contributed by atoms with Gasteiger partial charge in [-0.3, -0.25) is 15.0 Å². The van der Waals surface area contributed by atoms with Gasteiger partial charge in [-0.1, -0.05) is 0 Å². The molecule has 2 heterocycles. The van der Waals surface area contributed by atoms with Gasteiger partial charge >= 0.3 is 0 Å². The summed E-state index contributed by atoms with van der Waals surface area (Å²) in [5.74, 6) is -0.169. The van der Waals surface area contributed by atoms with Gasteiger partial charge in [0.2, 0.25) is 5.91 Å². The molecule has 0 aliphatic heterocycles. The molecule has 2 aromatic heterocycles. The molecule has 0 saturated heterocycles. The molecular weight excluding hydrogens is 436 g/mol. The monoisotopic (exact) mass is 460 g/mol. The number of guanidine groups is 1. The van der Waals surface area contributed by atoms with E-state index < -0.39 is 0 Å². The van der Waals surface area contributed by atoms with Crippen molar-refractivity contribution in [2.45, 2.75) is 6.42 Å². The van der Waals surface area contributed by atoms with E-state index in [0.29, 0.717) is 41.1 Å². The quantitative estimate of drug-likeness (QED) is 0.185. The summed E-state index contributed by atoms with van der Waals surface area (Å²) in [6, 6.07) is 6.89. The molecule has 0 aliphatic carbocycles. The molecule has 13 heteroatoms. The highest BCUT2D eigenvalue weighted by molar-refractivity contribution is 5.98. The zero-order valence-corrected chi connectivity index (χ0v) is 18.1. The van der Waals surface area contributed by atoms with Crippen LogP contribution in [-0.2, 0) is 11.8 Å². The van der Waals surface area contributed by atoms with Crippen LogP contribution in [0.2, 0.25) is 0 Å². The third-order valence-corrected chi connectivity index (χ3v) is 4.36. The second-order valence-electron chi connectivity index (χ2n) is 6.86. The number of hydrogen-bond donors (Lipinski definition) is 7. The standard InChI is InChI=1S/C19H24N10O2.ClH/c1-29-9-11(26-16(30)8-25-19(22)23)7-14(29)17-27-12-3-2-10(6-13(12)28-17)18(31)24-5-4-15(20)21;/h2-3,6-7,9H,4-5,8H2,1H3,(H3,20,21)(H,24,31)(H,26,30)(H,27,28)(H4,22,23,25);1H. The van der Waals surface area contributed by atoms with Crippen LogP contribution in [0, 0.1) is 5.41 Å². The Bertz CT molecular complexity index is 1180. The molecule has 170 valence electrons. The van der Waals surface area contributed by atoms with Gasteiger partial charge in [0.1, 0.15) is 6.54 Å². The molecule has 0 saturated carbocycles. The van der Waals surface area contributed by atoms with Crippen LogP contribution >= 0.6 is 12.4 Å². The first-order valence-electron chi connectivity index (χ1n) is 9.36. The SMILES string of the molecule is Cl.Cn1cc(NC(=O)CN=C(N)N)cc1-c1nc2ccc(C(=O)NCCC(=N)N)cc2[nH]1. The fourth-order valence-corrected chi connectivity index (χ4v) is 2.92. The lowest BCUT2D eigenvalue weighted by molar-refractivity contribution is -0.114. The molecule has 0 unspecified atom stereocenters. The van der Waals surface area contributed by atoms with Gasteiger partial charge < -0.3 is 37.4 Å². The maximum absolute atomic E-state index is 12.3. The number of nitrogens with two attached hydrogens (primary N) is 3. The van der Waals surface area contributed by atoms with Crippen molar-refractivity contribution >= 4 is 52.7 Å². The molecule has 12 nitrogen and oxygen atoms in total. The van der Waals surface area contributed by atoms with E-state index >= 15 is 0 Å². The first-order chi connectivity index (χ1) is 14.7. The van der Waals surface area contributed by atoms with Gasteiger partial charge in [0.25, 0.3) is 5.91 Å². The number of fused-ring (bicyclic) bond motifs is 1. The van der Waals surface area contributed by atoms with Crippen molar-refractivity contribution in [2.75, 3.05) is 18.4 Å². The molecule has 0 radical (unpaired) electrons. The topological polar surface area (TPSA) is 206 Å². The van der Waals surface area contributed by atoms with Crippen molar-refractivity contribution in [1.82, 2.24) is 19.9 Å². The number of H-pyrrole nitrogens is 1. The molecule has 0 atom stereocenters. The molecule has 3 rings (SSSR count). The Morgan fingerprint density at radius 2 is 2.00 bits per heavy atom. The molecule has 3 aromatic rings. The van der Waals surface area contributed by atoms with Crippen LogP contribution in [0.4, 0.5) is 5.69 Å². The summed E-state index contributed by atoms with van der Waals surface area (Å²) in [6.07, 6.45) is 2.03.